The van der Waals surface area contributed by atoms with Gasteiger partial charge in [0, 0.05) is 12.7 Å². The molecule has 1 amide bonds. The summed E-state index contributed by atoms with van der Waals surface area (Å²) in [6.45, 7) is 4.86. The summed E-state index contributed by atoms with van der Waals surface area (Å²) in [5, 5.41) is 0. The Labute approximate surface area is 120 Å². The van der Waals surface area contributed by atoms with Gasteiger partial charge in [-0.1, -0.05) is 0 Å². The van der Waals surface area contributed by atoms with Crippen molar-refractivity contribution >= 4 is 34.3 Å². The highest BCUT2D eigenvalue weighted by Gasteiger charge is 2.33. The van der Waals surface area contributed by atoms with Gasteiger partial charge >= 0.3 is 0 Å². The highest BCUT2D eigenvalue weighted by Crippen LogP contribution is 2.25. The van der Waals surface area contributed by atoms with Crippen molar-refractivity contribution in [2.24, 2.45) is 0 Å². The molecular formula is C12H16INO4. The minimum Gasteiger partial charge on any atom is -0.348 e. The molecule has 0 spiro atoms. The van der Waals surface area contributed by atoms with E-state index in [0.717, 1.165) is 0 Å². The lowest BCUT2D eigenvalue weighted by Gasteiger charge is -2.24. The van der Waals surface area contributed by atoms with Crippen molar-refractivity contribution in [3.8, 4) is 0 Å². The summed E-state index contributed by atoms with van der Waals surface area (Å²) in [4.78, 5) is 24.6. The zero-order valence-electron chi connectivity index (χ0n) is 10.4. The van der Waals surface area contributed by atoms with Crippen molar-refractivity contribution < 1.29 is 19.1 Å². The Morgan fingerprint density at radius 3 is 2.83 bits per heavy atom. The van der Waals surface area contributed by atoms with E-state index in [1.165, 1.54) is 0 Å². The second kappa shape index (κ2) is 5.26. The predicted molar refractivity (Wildman–Crippen MR) is 73.0 cm³/mol. The van der Waals surface area contributed by atoms with Crippen LogP contribution in [-0.2, 0) is 19.1 Å². The quantitative estimate of drug-likeness (QED) is 0.563. The number of halogens is 1. The Bertz CT molecular complexity index is 405. The molecule has 2 aliphatic heterocycles. The third-order valence-corrected chi connectivity index (χ3v) is 3.81. The first-order valence-electron chi connectivity index (χ1n) is 5.89. The molecule has 1 saturated heterocycles. The monoisotopic (exact) mass is 365 g/mol. The molecule has 0 aliphatic carbocycles. The van der Waals surface area contributed by atoms with Crippen molar-refractivity contribution in [1.29, 1.82) is 0 Å². The Morgan fingerprint density at radius 2 is 2.22 bits per heavy atom. The van der Waals surface area contributed by atoms with Gasteiger partial charge < -0.3 is 14.4 Å². The van der Waals surface area contributed by atoms with Crippen LogP contribution in [0.25, 0.3) is 0 Å². The van der Waals surface area contributed by atoms with Gasteiger partial charge in [-0.3, -0.25) is 9.59 Å². The average molecular weight is 365 g/mol. The van der Waals surface area contributed by atoms with Gasteiger partial charge in [-0.15, -0.1) is 0 Å². The standard InChI is InChI=1S/C12H16INO4/c1-12(2)17-7-8(18-12)3-4-14-6-9(13)10(15)5-11(14)16/h6,8H,3-5,7H2,1-2H3. The maximum Gasteiger partial charge on any atom is 0.234 e. The summed E-state index contributed by atoms with van der Waals surface area (Å²) in [7, 11) is 0. The third kappa shape index (κ3) is 3.30. The van der Waals surface area contributed by atoms with E-state index in [1.54, 1.807) is 11.1 Å². The van der Waals surface area contributed by atoms with Crippen LogP contribution in [0.15, 0.2) is 9.78 Å². The Balaban J connectivity index is 1.87. The molecule has 100 valence electrons. The topological polar surface area (TPSA) is 55.8 Å². The number of Topliss-reactive ketones (excluding diaryl/α,β-unsaturated/α-hetero) is 1. The molecular weight excluding hydrogens is 349 g/mol. The van der Waals surface area contributed by atoms with E-state index in [1.807, 2.05) is 36.4 Å². The van der Waals surface area contributed by atoms with Crippen LogP contribution >= 0.6 is 22.6 Å². The molecule has 18 heavy (non-hydrogen) atoms. The van der Waals surface area contributed by atoms with Gasteiger partial charge in [0.25, 0.3) is 0 Å². The average Bonchev–Trinajstić information content (AvgIpc) is 2.62. The molecule has 2 rings (SSSR count). The number of hydrogen-bond donors (Lipinski definition) is 0. The van der Waals surface area contributed by atoms with Crippen molar-refractivity contribution in [3.05, 3.63) is 9.78 Å². The number of ketones is 1. The number of ether oxygens (including phenoxy) is 2. The van der Waals surface area contributed by atoms with Crippen molar-refractivity contribution in [2.75, 3.05) is 13.2 Å². The first-order chi connectivity index (χ1) is 8.37. The summed E-state index contributed by atoms with van der Waals surface area (Å²) in [5.41, 5.74) is 0. The molecule has 1 unspecified atom stereocenters. The first kappa shape index (κ1) is 14.0. The molecule has 0 radical (unpaired) electrons. The summed E-state index contributed by atoms with van der Waals surface area (Å²) in [6, 6.07) is 0. The smallest absolute Gasteiger partial charge is 0.234 e. The minimum absolute atomic E-state index is 0.0106. The molecule has 0 bridgehead atoms. The molecule has 0 aromatic carbocycles. The molecule has 2 aliphatic rings. The van der Waals surface area contributed by atoms with E-state index in [4.69, 9.17) is 9.47 Å². The lowest BCUT2D eigenvalue weighted by atomic mass is 10.1. The predicted octanol–water partition coefficient (Wildman–Crippen LogP) is 1.61. The fourth-order valence-corrected chi connectivity index (χ4v) is 2.51. The number of rotatable bonds is 3. The summed E-state index contributed by atoms with van der Waals surface area (Å²) in [5.74, 6) is -0.770. The SMILES string of the molecule is CC1(C)OCC(CCN2C=C(I)C(=O)CC2=O)O1. The number of nitrogens with zero attached hydrogens (tertiary/aromatic N) is 1. The van der Waals surface area contributed by atoms with Gasteiger partial charge in [-0.05, 0) is 42.9 Å². The minimum atomic E-state index is -0.531. The van der Waals surface area contributed by atoms with Crippen LogP contribution in [0.4, 0.5) is 0 Å². The fraction of sp³-hybridized carbons (Fsp3) is 0.667. The second-order valence-electron chi connectivity index (χ2n) is 4.90. The van der Waals surface area contributed by atoms with Crippen LogP contribution in [0.3, 0.4) is 0 Å². The number of hydrogen-bond acceptors (Lipinski definition) is 4. The van der Waals surface area contributed by atoms with Crippen molar-refractivity contribution in [2.45, 2.75) is 38.6 Å². The number of amides is 1. The van der Waals surface area contributed by atoms with Gasteiger partial charge in [0.05, 0.1) is 22.7 Å². The Kier molecular flexibility index (Phi) is 4.08. The van der Waals surface area contributed by atoms with E-state index in [2.05, 4.69) is 0 Å². The van der Waals surface area contributed by atoms with Crippen molar-refractivity contribution in [3.63, 3.8) is 0 Å². The first-order valence-corrected chi connectivity index (χ1v) is 6.97. The lowest BCUT2D eigenvalue weighted by molar-refractivity contribution is -0.140. The van der Waals surface area contributed by atoms with Gasteiger partial charge in [-0.25, -0.2) is 0 Å². The summed E-state index contributed by atoms with van der Waals surface area (Å²) < 4.78 is 11.7. The fourth-order valence-electron chi connectivity index (χ4n) is 1.98. The molecule has 2 heterocycles. The zero-order valence-corrected chi connectivity index (χ0v) is 12.6. The highest BCUT2D eigenvalue weighted by molar-refractivity contribution is 14.1. The van der Waals surface area contributed by atoms with Gasteiger partial charge in [-0.2, -0.15) is 0 Å². The molecule has 0 aromatic rings. The maximum absolute atomic E-state index is 11.7. The Morgan fingerprint density at radius 1 is 1.50 bits per heavy atom. The molecule has 0 aromatic heterocycles. The Hall–Kier alpha value is -0.470. The van der Waals surface area contributed by atoms with Crippen LogP contribution in [-0.4, -0.2) is 41.6 Å². The molecule has 0 N–H and O–H groups in total. The normalized spacial score (nSPS) is 27.6. The van der Waals surface area contributed by atoms with Crippen LogP contribution in [0.5, 0.6) is 0 Å². The lowest BCUT2D eigenvalue weighted by Crippen LogP contribution is -2.34. The van der Waals surface area contributed by atoms with E-state index >= 15 is 0 Å². The summed E-state index contributed by atoms with van der Waals surface area (Å²) >= 11 is 1.96. The van der Waals surface area contributed by atoms with E-state index in [9.17, 15) is 9.59 Å². The van der Waals surface area contributed by atoms with Crippen LogP contribution in [0.1, 0.15) is 26.7 Å². The molecule has 5 nitrogen and oxygen atoms in total. The second-order valence-corrected chi connectivity index (χ2v) is 6.07. The molecule has 6 heteroatoms. The molecule has 1 atom stereocenters. The number of allylic oxidation sites excluding steroid dienone is 1. The highest BCUT2D eigenvalue weighted by atomic mass is 127. The summed E-state index contributed by atoms with van der Waals surface area (Å²) in [6.07, 6.45) is 2.32. The van der Waals surface area contributed by atoms with Crippen LogP contribution in [0.2, 0.25) is 0 Å². The van der Waals surface area contributed by atoms with Crippen molar-refractivity contribution in [1.82, 2.24) is 4.90 Å². The van der Waals surface area contributed by atoms with Gasteiger partial charge in [0.1, 0.15) is 0 Å². The van der Waals surface area contributed by atoms with E-state index < -0.39 is 5.79 Å². The molecule has 0 saturated carbocycles. The van der Waals surface area contributed by atoms with Gasteiger partial charge in [0.2, 0.25) is 5.91 Å². The molecule has 1 fully saturated rings. The maximum atomic E-state index is 11.7. The number of carbonyl (C=O) groups is 2. The largest absolute Gasteiger partial charge is 0.348 e. The zero-order chi connectivity index (χ0) is 13.3. The van der Waals surface area contributed by atoms with E-state index in [0.29, 0.717) is 23.2 Å². The van der Waals surface area contributed by atoms with E-state index in [-0.39, 0.29) is 24.2 Å². The number of carbonyl (C=O) groups excluding carboxylic acids is 2. The third-order valence-electron chi connectivity index (χ3n) is 2.93. The van der Waals surface area contributed by atoms with Crippen LogP contribution < -0.4 is 0 Å². The van der Waals surface area contributed by atoms with Crippen LogP contribution in [0, 0.1) is 0 Å². The van der Waals surface area contributed by atoms with Gasteiger partial charge in [0.15, 0.2) is 11.6 Å².